The average Bonchev–Trinajstić information content (AvgIpc) is 3.85. The minimum Gasteiger partial charge on any atom is -0.455 e. The number of hydrogen-bond acceptors (Lipinski definition) is 4. The van der Waals surface area contributed by atoms with Crippen LogP contribution in [0.5, 0.6) is 0 Å². The van der Waals surface area contributed by atoms with E-state index in [-0.39, 0.29) is 0 Å². The lowest BCUT2D eigenvalue weighted by molar-refractivity contribution is 0.669. The number of benzene rings is 8. The third-order valence-corrected chi connectivity index (χ3v) is 11.3. The first-order chi connectivity index (χ1) is 25.8. The van der Waals surface area contributed by atoms with Crippen molar-refractivity contribution in [3.05, 3.63) is 186 Å². The quantitative estimate of drug-likeness (QED) is 0.177. The molecule has 0 amide bonds. The summed E-state index contributed by atoms with van der Waals surface area (Å²) in [7, 11) is 0. The molecular weight excluding hydrogens is 635 g/mol. The Morgan fingerprint density at radius 1 is 0.385 bits per heavy atom. The van der Waals surface area contributed by atoms with Crippen LogP contribution in [-0.4, -0.2) is 15.0 Å². The summed E-state index contributed by atoms with van der Waals surface area (Å²) >= 11 is 0. The fraction of sp³-hybridized carbons (Fsp3) is 0.0208. The Balaban J connectivity index is 1.11. The van der Waals surface area contributed by atoms with Crippen LogP contribution in [0.4, 0.5) is 0 Å². The van der Waals surface area contributed by atoms with Gasteiger partial charge in [-0.15, -0.1) is 0 Å². The topological polar surface area (TPSA) is 51.8 Å². The van der Waals surface area contributed by atoms with Crippen LogP contribution < -0.4 is 0 Å². The standard InChI is InChI=1S/C48H27N3O/c1-2-11-30(12-3-1)45-49-46(51-47(50-45)35-18-10-17-34-33-16-5-7-22-41(33)52-44(34)35)31-25-26-38-36(27-31)32-15-4-6-19-37(32)48(38)39-20-8-13-28-23-24-29-14-9-21-40(48)43(29)42(28)39/h1-27H. The smallest absolute Gasteiger partial charge is 0.167 e. The first-order valence-electron chi connectivity index (χ1n) is 17.7. The van der Waals surface area contributed by atoms with Crippen molar-refractivity contribution in [3.8, 4) is 45.3 Å². The molecule has 2 aliphatic carbocycles. The Kier molecular flexibility index (Phi) is 5.40. The fourth-order valence-corrected chi connectivity index (χ4v) is 9.19. The summed E-state index contributed by atoms with van der Waals surface area (Å²) in [5.41, 5.74) is 11.7. The molecule has 0 aliphatic heterocycles. The molecule has 2 aromatic heterocycles. The molecule has 240 valence electrons. The van der Waals surface area contributed by atoms with Crippen molar-refractivity contribution in [2.75, 3.05) is 0 Å². The molecule has 4 nitrogen and oxygen atoms in total. The minimum atomic E-state index is -0.413. The lowest BCUT2D eigenvalue weighted by Gasteiger charge is -2.30. The monoisotopic (exact) mass is 661 g/mol. The third-order valence-electron chi connectivity index (χ3n) is 11.3. The largest absolute Gasteiger partial charge is 0.455 e. The summed E-state index contributed by atoms with van der Waals surface area (Å²) in [5, 5.41) is 7.39. The SMILES string of the molecule is c1ccc(-c2nc(-c3ccc4c(c3)-c3ccccc3C43c4cccc5ccc6cccc3c6c45)nc(-c3cccc4c3oc3ccccc34)n2)cc1. The maximum Gasteiger partial charge on any atom is 0.167 e. The Labute approximate surface area is 298 Å². The first kappa shape index (κ1) is 27.9. The molecule has 10 aromatic rings. The highest BCUT2D eigenvalue weighted by molar-refractivity contribution is 6.17. The molecule has 8 aromatic carbocycles. The highest BCUT2D eigenvalue weighted by Gasteiger charge is 2.50. The van der Waals surface area contributed by atoms with Gasteiger partial charge in [0.15, 0.2) is 17.5 Å². The van der Waals surface area contributed by atoms with Gasteiger partial charge in [0.25, 0.3) is 0 Å². The van der Waals surface area contributed by atoms with Crippen molar-refractivity contribution in [1.29, 1.82) is 0 Å². The van der Waals surface area contributed by atoms with E-state index in [1.54, 1.807) is 0 Å². The zero-order chi connectivity index (χ0) is 34.0. The average molecular weight is 662 g/mol. The molecule has 0 N–H and O–H groups in total. The van der Waals surface area contributed by atoms with E-state index in [0.717, 1.165) is 38.6 Å². The fourth-order valence-electron chi connectivity index (χ4n) is 9.19. The summed E-state index contributed by atoms with van der Waals surface area (Å²) in [6.45, 7) is 0. The number of furan rings is 1. The van der Waals surface area contributed by atoms with Crippen LogP contribution in [0.2, 0.25) is 0 Å². The molecule has 0 saturated carbocycles. The molecule has 12 rings (SSSR count). The van der Waals surface area contributed by atoms with Gasteiger partial charge in [-0.05, 0) is 73.1 Å². The molecule has 0 atom stereocenters. The highest BCUT2D eigenvalue weighted by atomic mass is 16.3. The normalized spacial score (nSPS) is 13.5. The van der Waals surface area contributed by atoms with Crippen LogP contribution >= 0.6 is 0 Å². The van der Waals surface area contributed by atoms with Crippen LogP contribution in [-0.2, 0) is 5.41 Å². The second kappa shape index (κ2) is 10.1. The van der Waals surface area contributed by atoms with Crippen molar-refractivity contribution in [2.24, 2.45) is 0 Å². The van der Waals surface area contributed by atoms with E-state index in [0.29, 0.717) is 17.5 Å². The molecule has 0 saturated heterocycles. The summed E-state index contributed by atoms with van der Waals surface area (Å²) < 4.78 is 6.46. The van der Waals surface area contributed by atoms with Crippen LogP contribution in [0, 0.1) is 0 Å². The number of fused-ring (bicyclic) bond motifs is 10. The van der Waals surface area contributed by atoms with Crippen molar-refractivity contribution in [2.45, 2.75) is 5.41 Å². The van der Waals surface area contributed by atoms with Gasteiger partial charge in [0, 0.05) is 21.9 Å². The second-order valence-corrected chi connectivity index (χ2v) is 13.9. The highest BCUT2D eigenvalue weighted by Crippen LogP contribution is 2.62. The molecule has 0 radical (unpaired) electrons. The van der Waals surface area contributed by atoms with Crippen LogP contribution in [0.15, 0.2) is 168 Å². The van der Waals surface area contributed by atoms with Crippen molar-refractivity contribution in [1.82, 2.24) is 15.0 Å². The molecule has 2 heterocycles. The maximum absolute atomic E-state index is 6.46. The summed E-state index contributed by atoms with van der Waals surface area (Å²) in [6.07, 6.45) is 0. The molecular formula is C48H27N3O. The van der Waals surface area contributed by atoms with Crippen molar-refractivity contribution in [3.63, 3.8) is 0 Å². The summed E-state index contributed by atoms with van der Waals surface area (Å²) in [5.74, 6) is 1.82. The molecule has 0 unspecified atom stereocenters. The molecule has 52 heavy (non-hydrogen) atoms. The molecule has 4 heteroatoms. The second-order valence-electron chi connectivity index (χ2n) is 13.9. The van der Waals surface area contributed by atoms with E-state index in [9.17, 15) is 0 Å². The van der Waals surface area contributed by atoms with Gasteiger partial charge in [-0.25, -0.2) is 15.0 Å². The maximum atomic E-state index is 6.46. The van der Waals surface area contributed by atoms with Gasteiger partial charge in [0.05, 0.1) is 11.0 Å². The van der Waals surface area contributed by atoms with Crippen LogP contribution in [0.1, 0.15) is 22.3 Å². The van der Waals surface area contributed by atoms with E-state index < -0.39 is 5.41 Å². The minimum absolute atomic E-state index is 0.413. The predicted octanol–water partition coefficient (Wildman–Crippen LogP) is 11.8. The lowest BCUT2D eigenvalue weighted by Crippen LogP contribution is -2.26. The van der Waals surface area contributed by atoms with Crippen molar-refractivity contribution >= 4 is 43.5 Å². The van der Waals surface area contributed by atoms with Crippen LogP contribution in [0.3, 0.4) is 0 Å². The number of hydrogen-bond donors (Lipinski definition) is 0. The zero-order valence-corrected chi connectivity index (χ0v) is 27.8. The molecule has 2 aliphatic rings. The van der Waals surface area contributed by atoms with Gasteiger partial charge >= 0.3 is 0 Å². The van der Waals surface area contributed by atoms with E-state index in [4.69, 9.17) is 19.4 Å². The van der Waals surface area contributed by atoms with E-state index >= 15 is 0 Å². The van der Waals surface area contributed by atoms with E-state index in [2.05, 4.69) is 109 Å². The number of para-hydroxylation sites is 2. The molecule has 0 fully saturated rings. The summed E-state index contributed by atoms with van der Waals surface area (Å²) in [4.78, 5) is 15.4. The van der Waals surface area contributed by atoms with Gasteiger partial charge in [0.2, 0.25) is 0 Å². The Hall–Kier alpha value is -6.91. The Morgan fingerprint density at radius 2 is 0.981 bits per heavy atom. The van der Waals surface area contributed by atoms with Gasteiger partial charge in [-0.2, -0.15) is 0 Å². The van der Waals surface area contributed by atoms with E-state index in [1.165, 1.54) is 54.9 Å². The third kappa shape index (κ3) is 3.53. The van der Waals surface area contributed by atoms with Gasteiger partial charge in [-0.1, -0.05) is 146 Å². The van der Waals surface area contributed by atoms with Gasteiger partial charge in [0.1, 0.15) is 11.2 Å². The first-order valence-corrected chi connectivity index (χ1v) is 17.7. The number of rotatable bonds is 3. The number of nitrogens with zero attached hydrogens (tertiary/aromatic N) is 3. The predicted molar refractivity (Wildman–Crippen MR) is 209 cm³/mol. The number of aromatic nitrogens is 3. The molecule has 0 bridgehead atoms. The van der Waals surface area contributed by atoms with E-state index in [1.807, 2.05) is 54.6 Å². The summed E-state index contributed by atoms with van der Waals surface area (Å²) in [6, 6.07) is 58.3. The Morgan fingerprint density at radius 3 is 1.79 bits per heavy atom. The zero-order valence-electron chi connectivity index (χ0n) is 27.8. The lowest BCUT2D eigenvalue weighted by atomic mass is 9.70. The van der Waals surface area contributed by atoms with Gasteiger partial charge in [-0.3, -0.25) is 0 Å². The Bertz CT molecular complexity index is 3080. The van der Waals surface area contributed by atoms with Crippen molar-refractivity contribution < 1.29 is 4.42 Å². The van der Waals surface area contributed by atoms with Gasteiger partial charge < -0.3 is 4.42 Å². The molecule has 1 spiro atoms. The van der Waals surface area contributed by atoms with Crippen LogP contribution in [0.25, 0.3) is 88.8 Å².